The summed E-state index contributed by atoms with van der Waals surface area (Å²) < 4.78 is 5.21. The normalized spacial score (nSPS) is 9.95. The van der Waals surface area contributed by atoms with Crippen molar-refractivity contribution < 1.29 is 14.5 Å². The van der Waals surface area contributed by atoms with Crippen LogP contribution in [-0.2, 0) is 4.79 Å². The molecule has 0 atom stereocenters. The van der Waals surface area contributed by atoms with Crippen LogP contribution >= 0.6 is 0 Å². The Bertz CT molecular complexity index is 707. The number of hydrogen-bond acceptors (Lipinski definition) is 4. The van der Waals surface area contributed by atoms with E-state index in [1.807, 2.05) is 0 Å². The largest absolute Gasteiger partial charge is 0.422 e. The summed E-state index contributed by atoms with van der Waals surface area (Å²) in [6, 6.07) is 13.1. The first-order valence-corrected chi connectivity index (χ1v) is 6.21. The summed E-state index contributed by atoms with van der Waals surface area (Å²) in [7, 11) is 0. The minimum absolute atomic E-state index is 0.117. The van der Waals surface area contributed by atoms with Crippen molar-refractivity contribution >= 4 is 11.7 Å². The quantitative estimate of drug-likeness (QED) is 0.282. The predicted molar refractivity (Wildman–Crippen MR) is 79.0 cm³/mol. The van der Waals surface area contributed by atoms with Gasteiger partial charge in [0, 0.05) is 11.6 Å². The second-order valence-electron chi connectivity index (χ2n) is 4.44. The molecule has 0 saturated heterocycles. The Kier molecular flexibility index (Phi) is 4.13. The van der Waals surface area contributed by atoms with Gasteiger partial charge in [-0.05, 0) is 18.6 Å². The van der Waals surface area contributed by atoms with Gasteiger partial charge in [0.25, 0.3) is 5.69 Å². The van der Waals surface area contributed by atoms with E-state index >= 15 is 0 Å². The van der Waals surface area contributed by atoms with Gasteiger partial charge in [-0.3, -0.25) is 10.1 Å². The van der Waals surface area contributed by atoms with Crippen molar-refractivity contribution in [3.8, 4) is 16.9 Å². The number of carbonyl (C=O) groups excluding carboxylic acids is 1. The summed E-state index contributed by atoms with van der Waals surface area (Å²) in [5.41, 5.74) is 0.987. The lowest BCUT2D eigenvalue weighted by Crippen LogP contribution is -2.09. The molecule has 0 aliphatic heterocycles. The van der Waals surface area contributed by atoms with Gasteiger partial charge < -0.3 is 4.74 Å². The van der Waals surface area contributed by atoms with Gasteiger partial charge in [-0.25, -0.2) is 4.79 Å². The molecule has 2 aromatic carbocycles. The first-order valence-electron chi connectivity index (χ1n) is 6.21. The first kappa shape index (κ1) is 14.5. The highest BCUT2D eigenvalue weighted by Crippen LogP contribution is 2.38. The lowest BCUT2D eigenvalue weighted by atomic mass is 10.0. The van der Waals surface area contributed by atoms with Crippen LogP contribution < -0.4 is 4.74 Å². The first-order chi connectivity index (χ1) is 10.0. The SMILES string of the molecule is C=C(C)C(=O)Oc1cccc([N+](=O)[O-])c1-c1ccccc1. The Morgan fingerprint density at radius 2 is 1.81 bits per heavy atom. The maximum absolute atomic E-state index is 11.7. The predicted octanol–water partition coefficient (Wildman–Crippen LogP) is 3.74. The molecule has 0 heterocycles. The Balaban J connectivity index is 2.60. The Morgan fingerprint density at radius 1 is 1.14 bits per heavy atom. The van der Waals surface area contributed by atoms with Crippen LogP contribution in [0.2, 0.25) is 0 Å². The molecule has 0 N–H and O–H groups in total. The molecule has 0 aromatic heterocycles. The molecule has 0 bridgehead atoms. The van der Waals surface area contributed by atoms with E-state index in [9.17, 15) is 14.9 Å². The van der Waals surface area contributed by atoms with Crippen molar-refractivity contribution in [1.29, 1.82) is 0 Å². The summed E-state index contributed by atoms with van der Waals surface area (Å²) in [5, 5.41) is 11.2. The van der Waals surface area contributed by atoms with Crippen molar-refractivity contribution in [2.75, 3.05) is 0 Å². The lowest BCUT2D eigenvalue weighted by Gasteiger charge is -2.10. The summed E-state index contributed by atoms with van der Waals surface area (Å²) in [6.07, 6.45) is 0. The molecule has 5 heteroatoms. The standard InChI is InChI=1S/C16H13NO4/c1-11(2)16(18)21-14-10-6-9-13(17(19)20)15(14)12-7-4-3-5-8-12/h3-10H,1H2,2H3. The minimum atomic E-state index is -0.618. The van der Waals surface area contributed by atoms with Crippen LogP contribution in [0.25, 0.3) is 11.1 Å². The van der Waals surface area contributed by atoms with E-state index in [-0.39, 0.29) is 22.6 Å². The maximum atomic E-state index is 11.7. The third-order valence-electron chi connectivity index (χ3n) is 2.81. The van der Waals surface area contributed by atoms with E-state index in [1.165, 1.54) is 25.1 Å². The molecule has 2 rings (SSSR count). The van der Waals surface area contributed by atoms with Gasteiger partial charge >= 0.3 is 5.97 Å². The summed E-state index contributed by atoms with van der Waals surface area (Å²) in [4.78, 5) is 22.4. The van der Waals surface area contributed by atoms with Crippen molar-refractivity contribution in [2.45, 2.75) is 6.92 Å². The van der Waals surface area contributed by atoms with Gasteiger partial charge in [0.1, 0.15) is 11.3 Å². The van der Waals surface area contributed by atoms with E-state index in [0.717, 1.165) is 0 Å². The van der Waals surface area contributed by atoms with Crippen LogP contribution in [0.4, 0.5) is 5.69 Å². The number of hydrogen-bond donors (Lipinski definition) is 0. The molecule has 0 saturated carbocycles. The fourth-order valence-electron chi connectivity index (χ4n) is 1.84. The molecule has 0 radical (unpaired) electrons. The van der Waals surface area contributed by atoms with Crippen LogP contribution in [0, 0.1) is 10.1 Å². The topological polar surface area (TPSA) is 69.4 Å². The van der Waals surface area contributed by atoms with Crippen LogP contribution in [0.5, 0.6) is 5.75 Å². The number of nitro benzene ring substituents is 1. The van der Waals surface area contributed by atoms with Crippen molar-refractivity contribution in [3.05, 3.63) is 70.8 Å². The fourth-order valence-corrected chi connectivity index (χ4v) is 1.84. The van der Waals surface area contributed by atoms with E-state index in [2.05, 4.69) is 6.58 Å². The van der Waals surface area contributed by atoms with Gasteiger partial charge in [0.15, 0.2) is 0 Å². The zero-order valence-electron chi connectivity index (χ0n) is 11.4. The summed E-state index contributed by atoms with van der Waals surface area (Å²) in [6.45, 7) is 5.02. The molecule has 21 heavy (non-hydrogen) atoms. The molecular formula is C16H13NO4. The van der Waals surface area contributed by atoms with Gasteiger partial charge in [-0.1, -0.05) is 43.0 Å². The van der Waals surface area contributed by atoms with Gasteiger partial charge in [0.05, 0.1) is 4.92 Å². The zero-order valence-corrected chi connectivity index (χ0v) is 11.4. The zero-order chi connectivity index (χ0) is 15.4. The molecule has 0 aliphatic rings. The highest BCUT2D eigenvalue weighted by Gasteiger charge is 2.21. The lowest BCUT2D eigenvalue weighted by molar-refractivity contribution is -0.384. The second kappa shape index (κ2) is 6.00. The van der Waals surface area contributed by atoms with Crippen molar-refractivity contribution in [1.82, 2.24) is 0 Å². The number of ether oxygens (including phenoxy) is 1. The summed E-state index contributed by atoms with van der Waals surface area (Å²) in [5.74, 6) is -0.476. The van der Waals surface area contributed by atoms with Crippen molar-refractivity contribution in [2.24, 2.45) is 0 Å². The second-order valence-corrected chi connectivity index (χ2v) is 4.44. The number of carbonyl (C=O) groups is 1. The highest BCUT2D eigenvalue weighted by atomic mass is 16.6. The molecule has 0 spiro atoms. The Labute approximate surface area is 121 Å². The monoisotopic (exact) mass is 283 g/mol. The maximum Gasteiger partial charge on any atom is 0.338 e. The van der Waals surface area contributed by atoms with Gasteiger partial charge in [-0.2, -0.15) is 0 Å². The Hall–Kier alpha value is -2.95. The third-order valence-corrected chi connectivity index (χ3v) is 2.81. The number of esters is 1. The van der Waals surface area contributed by atoms with Gasteiger partial charge in [0.2, 0.25) is 0 Å². The van der Waals surface area contributed by atoms with E-state index in [0.29, 0.717) is 5.56 Å². The molecule has 0 unspecified atom stereocenters. The van der Waals surface area contributed by atoms with E-state index in [4.69, 9.17) is 4.74 Å². The number of rotatable bonds is 4. The van der Waals surface area contributed by atoms with Crippen LogP contribution in [0.15, 0.2) is 60.7 Å². The average molecular weight is 283 g/mol. The van der Waals surface area contributed by atoms with Crippen molar-refractivity contribution in [3.63, 3.8) is 0 Å². The van der Waals surface area contributed by atoms with E-state index < -0.39 is 10.9 Å². The third kappa shape index (κ3) is 3.14. The van der Waals surface area contributed by atoms with Crippen LogP contribution in [0.1, 0.15) is 6.92 Å². The number of nitrogens with zero attached hydrogens (tertiary/aromatic N) is 1. The molecular weight excluding hydrogens is 270 g/mol. The minimum Gasteiger partial charge on any atom is -0.422 e. The average Bonchev–Trinajstić information content (AvgIpc) is 2.47. The number of benzene rings is 2. The van der Waals surface area contributed by atoms with Crippen LogP contribution in [0.3, 0.4) is 0 Å². The molecule has 2 aromatic rings. The summed E-state index contributed by atoms with van der Waals surface area (Å²) >= 11 is 0. The smallest absolute Gasteiger partial charge is 0.338 e. The molecule has 106 valence electrons. The number of nitro groups is 1. The van der Waals surface area contributed by atoms with E-state index in [1.54, 1.807) is 30.3 Å². The van der Waals surface area contributed by atoms with Gasteiger partial charge in [-0.15, -0.1) is 0 Å². The molecule has 0 amide bonds. The highest BCUT2D eigenvalue weighted by molar-refractivity contribution is 5.91. The molecule has 0 aliphatic carbocycles. The molecule has 5 nitrogen and oxygen atoms in total. The Morgan fingerprint density at radius 3 is 2.38 bits per heavy atom. The molecule has 0 fully saturated rings. The van der Waals surface area contributed by atoms with Crippen LogP contribution in [-0.4, -0.2) is 10.9 Å². The fraction of sp³-hybridized carbons (Fsp3) is 0.0625.